The fourth-order valence-electron chi connectivity index (χ4n) is 1.40. The summed E-state index contributed by atoms with van der Waals surface area (Å²) in [7, 11) is 0. The lowest BCUT2D eigenvalue weighted by atomic mass is 10.2. The minimum absolute atomic E-state index is 0.135. The summed E-state index contributed by atoms with van der Waals surface area (Å²) < 4.78 is 30.8. The number of hydrogen-bond acceptors (Lipinski definition) is 4. The number of nitrogens with one attached hydrogen (secondary N) is 1. The molecule has 4 nitrogen and oxygen atoms in total. The van der Waals surface area contributed by atoms with Gasteiger partial charge in [-0.05, 0) is 12.1 Å². The zero-order valence-corrected chi connectivity index (χ0v) is 8.41. The van der Waals surface area contributed by atoms with E-state index in [9.17, 15) is 8.78 Å². The summed E-state index contributed by atoms with van der Waals surface area (Å²) >= 11 is 0. The van der Waals surface area contributed by atoms with Gasteiger partial charge in [0.2, 0.25) is 0 Å². The summed E-state index contributed by atoms with van der Waals surface area (Å²) in [6.07, 6.45) is 0. The lowest BCUT2D eigenvalue weighted by Crippen LogP contribution is -2.19. The lowest BCUT2D eigenvalue weighted by molar-refractivity contribution is 0.316. The summed E-state index contributed by atoms with van der Waals surface area (Å²) in [6.45, 7) is 0.769. The van der Waals surface area contributed by atoms with Gasteiger partial charge in [0.05, 0.1) is 5.69 Å². The van der Waals surface area contributed by atoms with Gasteiger partial charge in [0.15, 0.2) is 0 Å². The second-order valence-corrected chi connectivity index (χ2v) is 3.44. The van der Waals surface area contributed by atoms with E-state index in [-0.39, 0.29) is 17.8 Å². The highest BCUT2D eigenvalue weighted by molar-refractivity contribution is 5.73. The van der Waals surface area contributed by atoms with Gasteiger partial charge in [-0.2, -0.15) is 0 Å². The first-order valence-electron chi connectivity index (χ1n) is 4.80. The molecule has 3 N–H and O–H groups in total. The van der Waals surface area contributed by atoms with Crippen molar-refractivity contribution >= 4 is 11.7 Å². The maximum atomic E-state index is 13.2. The van der Waals surface area contributed by atoms with Gasteiger partial charge in [0, 0.05) is 12.6 Å². The molecule has 1 aliphatic rings. The van der Waals surface area contributed by atoms with E-state index in [0.717, 1.165) is 6.07 Å². The number of halogens is 2. The van der Waals surface area contributed by atoms with Crippen LogP contribution in [-0.2, 0) is 4.74 Å². The predicted octanol–water partition coefficient (Wildman–Crippen LogP) is 1.09. The molecule has 0 fully saturated rings. The van der Waals surface area contributed by atoms with E-state index in [0.29, 0.717) is 13.2 Å². The number of amidine groups is 1. The standard InChI is InChI=1S/C10H11F2N3O/c11-6-1-2-9(8(12)3-6)14-4-7-5-16-10(13)15-7/h1-3,7,14H,4-5H2,(H2,13,15)/t7-/m0/s1. The second kappa shape index (κ2) is 4.34. The highest BCUT2D eigenvalue weighted by Gasteiger charge is 2.16. The second-order valence-electron chi connectivity index (χ2n) is 3.44. The van der Waals surface area contributed by atoms with Gasteiger partial charge >= 0.3 is 0 Å². The maximum Gasteiger partial charge on any atom is 0.282 e. The van der Waals surface area contributed by atoms with Gasteiger partial charge in [-0.1, -0.05) is 0 Å². The highest BCUT2D eigenvalue weighted by Crippen LogP contribution is 2.15. The summed E-state index contributed by atoms with van der Waals surface area (Å²) in [4.78, 5) is 3.96. The van der Waals surface area contributed by atoms with Crippen molar-refractivity contribution in [1.29, 1.82) is 0 Å². The average molecular weight is 227 g/mol. The minimum atomic E-state index is -0.629. The molecule has 1 aromatic carbocycles. The number of hydrogen-bond donors (Lipinski definition) is 2. The van der Waals surface area contributed by atoms with Gasteiger partial charge in [-0.25, -0.2) is 13.8 Å². The summed E-state index contributed by atoms with van der Waals surface area (Å²) in [6, 6.07) is 3.36. The Balaban J connectivity index is 1.95. The van der Waals surface area contributed by atoms with Gasteiger partial charge in [-0.15, -0.1) is 0 Å². The van der Waals surface area contributed by atoms with Crippen molar-refractivity contribution in [1.82, 2.24) is 0 Å². The Kier molecular flexibility index (Phi) is 2.89. The molecule has 86 valence electrons. The first-order chi connectivity index (χ1) is 7.65. The van der Waals surface area contributed by atoms with Crippen molar-refractivity contribution in [3.05, 3.63) is 29.8 Å². The van der Waals surface area contributed by atoms with Crippen LogP contribution in [0.5, 0.6) is 0 Å². The monoisotopic (exact) mass is 227 g/mol. The Morgan fingerprint density at radius 3 is 2.94 bits per heavy atom. The molecule has 0 saturated carbocycles. The molecule has 2 rings (SSSR count). The molecular formula is C10H11F2N3O. The van der Waals surface area contributed by atoms with Crippen LogP contribution in [0.2, 0.25) is 0 Å². The van der Waals surface area contributed by atoms with E-state index in [2.05, 4.69) is 10.3 Å². The molecule has 0 bridgehead atoms. The number of nitrogens with zero attached hydrogens (tertiary/aromatic N) is 1. The minimum Gasteiger partial charge on any atom is -0.463 e. The van der Waals surface area contributed by atoms with Crippen molar-refractivity contribution in [2.24, 2.45) is 10.7 Å². The van der Waals surface area contributed by atoms with Crippen LogP contribution in [0.3, 0.4) is 0 Å². The van der Waals surface area contributed by atoms with Crippen LogP contribution in [0.15, 0.2) is 23.2 Å². The topological polar surface area (TPSA) is 59.6 Å². The van der Waals surface area contributed by atoms with Crippen LogP contribution in [0.4, 0.5) is 14.5 Å². The van der Waals surface area contributed by atoms with Gasteiger partial charge in [0.25, 0.3) is 6.02 Å². The molecule has 0 saturated heterocycles. The van der Waals surface area contributed by atoms with Crippen molar-refractivity contribution < 1.29 is 13.5 Å². The SMILES string of the molecule is NC1=N[C@@H](CNc2ccc(F)cc2F)CO1. The first-order valence-corrected chi connectivity index (χ1v) is 4.80. The van der Waals surface area contributed by atoms with Crippen LogP contribution in [-0.4, -0.2) is 25.2 Å². The molecule has 1 aliphatic heterocycles. The number of rotatable bonds is 3. The van der Waals surface area contributed by atoms with Crippen molar-refractivity contribution in [2.75, 3.05) is 18.5 Å². The molecule has 1 atom stereocenters. The number of ether oxygens (including phenoxy) is 1. The van der Waals surface area contributed by atoms with E-state index in [4.69, 9.17) is 10.5 Å². The van der Waals surface area contributed by atoms with Crippen molar-refractivity contribution in [3.8, 4) is 0 Å². The Hall–Kier alpha value is -1.85. The lowest BCUT2D eigenvalue weighted by Gasteiger charge is -2.09. The number of anilines is 1. The van der Waals surface area contributed by atoms with Crippen LogP contribution < -0.4 is 11.1 Å². The molecule has 0 aliphatic carbocycles. The van der Waals surface area contributed by atoms with Crippen LogP contribution in [0.25, 0.3) is 0 Å². The Labute approximate surface area is 91.1 Å². The molecule has 6 heteroatoms. The van der Waals surface area contributed by atoms with E-state index in [1.165, 1.54) is 12.1 Å². The number of benzene rings is 1. The van der Waals surface area contributed by atoms with Gasteiger partial charge in [0.1, 0.15) is 24.3 Å². The fraction of sp³-hybridized carbons (Fsp3) is 0.300. The fourth-order valence-corrected chi connectivity index (χ4v) is 1.40. The van der Waals surface area contributed by atoms with E-state index in [1.54, 1.807) is 0 Å². The van der Waals surface area contributed by atoms with Gasteiger partial charge < -0.3 is 15.8 Å². The number of aliphatic imine (C=N–C) groups is 1. The summed E-state index contributed by atoms with van der Waals surface area (Å²) in [5.74, 6) is -1.23. The van der Waals surface area contributed by atoms with E-state index in [1.807, 2.05) is 0 Å². The number of nitrogens with two attached hydrogens (primary N) is 1. The third-order valence-electron chi connectivity index (χ3n) is 2.19. The highest BCUT2D eigenvalue weighted by atomic mass is 19.1. The molecule has 1 aromatic rings. The molecule has 0 radical (unpaired) electrons. The van der Waals surface area contributed by atoms with Crippen LogP contribution in [0.1, 0.15) is 0 Å². The smallest absolute Gasteiger partial charge is 0.282 e. The van der Waals surface area contributed by atoms with Gasteiger partial charge in [-0.3, -0.25) is 0 Å². The Bertz CT molecular complexity index is 423. The zero-order valence-electron chi connectivity index (χ0n) is 8.41. The Morgan fingerprint density at radius 2 is 2.31 bits per heavy atom. The van der Waals surface area contributed by atoms with Crippen LogP contribution in [0, 0.1) is 11.6 Å². The average Bonchev–Trinajstić information content (AvgIpc) is 2.63. The quantitative estimate of drug-likeness (QED) is 0.812. The van der Waals surface area contributed by atoms with E-state index >= 15 is 0 Å². The molecule has 0 unspecified atom stereocenters. The first kappa shape index (κ1) is 10.7. The Morgan fingerprint density at radius 1 is 1.50 bits per heavy atom. The van der Waals surface area contributed by atoms with Crippen molar-refractivity contribution in [3.63, 3.8) is 0 Å². The van der Waals surface area contributed by atoms with Crippen LogP contribution >= 0.6 is 0 Å². The van der Waals surface area contributed by atoms with Crippen molar-refractivity contribution in [2.45, 2.75) is 6.04 Å². The molecule has 0 amide bonds. The molecule has 1 heterocycles. The summed E-state index contributed by atoms with van der Waals surface area (Å²) in [5, 5.41) is 2.82. The normalized spacial score (nSPS) is 19.1. The van der Waals surface area contributed by atoms with E-state index < -0.39 is 11.6 Å². The molecule has 0 spiro atoms. The predicted molar refractivity (Wildman–Crippen MR) is 56.2 cm³/mol. The third-order valence-corrected chi connectivity index (χ3v) is 2.19. The molecular weight excluding hydrogens is 216 g/mol. The largest absolute Gasteiger partial charge is 0.463 e. The summed E-state index contributed by atoms with van der Waals surface area (Å²) in [5.41, 5.74) is 5.56. The molecule has 0 aromatic heterocycles. The third kappa shape index (κ3) is 2.39. The zero-order chi connectivity index (χ0) is 11.5. The molecule has 16 heavy (non-hydrogen) atoms. The maximum absolute atomic E-state index is 13.2.